The number of carbonyl (C=O) groups is 1. The number of nitrogens with zero attached hydrogens (tertiary/aromatic N) is 1. The van der Waals surface area contributed by atoms with Gasteiger partial charge in [-0.3, -0.25) is 10.6 Å². The summed E-state index contributed by atoms with van der Waals surface area (Å²) in [6, 6.07) is 8.85. The highest BCUT2D eigenvalue weighted by Crippen LogP contribution is 2.03. The Bertz CT molecular complexity index is 300. The topological polar surface area (TPSA) is 66.6 Å². The molecule has 3 N–H and O–H groups in total. The van der Waals surface area contributed by atoms with Crippen LogP contribution in [0.5, 0.6) is 0 Å². The molecule has 0 radical (unpaired) electrons. The molecular weight excluding hydrogens is 180 g/mol. The molecule has 1 aromatic rings. The molecule has 0 spiro atoms. The van der Waals surface area contributed by atoms with Crippen LogP contribution in [0.4, 0.5) is 0 Å². The van der Waals surface area contributed by atoms with Gasteiger partial charge in [0.1, 0.15) is 6.04 Å². The number of hydrazine groups is 1. The van der Waals surface area contributed by atoms with E-state index in [-0.39, 0.29) is 0 Å². The Hall–Kier alpha value is -1.39. The van der Waals surface area contributed by atoms with Gasteiger partial charge in [0.2, 0.25) is 0 Å². The van der Waals surface area contributed by atoms with Gasteiger partial charge in [0.15, 0.2) is 0 Å². The van der Waals surface area contributed by atoms with Crippen LogP contribution in [-0.2, 0) is 11.3 Å². The molecule has 0 aromatic heterocycles. The van der Waals surface area contributed by atoms with Crippen molar-refractivity contribution in [2.24, 2.45) is 5.84 Å². The molecule has 0 heterocycles. The third-order valence-corrected chi connectivity index (χ3v) is 2.06. The SMILES string of the molecule is CC(C(=O)O)N(N)Cc1ccccc1. The maximum absolute atomic E-state index is 10.6. The molecule has 1 rings (SSSR count). The maximum Gasteiger partial charge on any atom is 0.322 e. The van der Waals surface area contributed by atoms with Crippen molar-refractivity contribution in [2.75, 3.05) is 0 Å². The Morgan fingerprint density at radius 3 is 2.57 bits per heavy atom. The largest absolute Gasteiger partial charge is 0.480 e. The van der Waals surface area contributed by atoms with Crippen LogP contribution >= 0.6 is 0 Å². The van der Waals surface area contributed by atoms with E-state index in [1.165, 1.54) is 5.01 Å². The summed E-state index contributed by atoms with van der Waals surface area (Å²) >= 11 is 0. The fraction of sp³-hybridized carbons (Fsp3) is 0.300. The van der Waals surface area contributed by atoms with Gasteiger partial charge in [-0.2, -0.15) is 0 Å². The molecule has 0 aliphatic heterocycles. The predicted molar refractivity (Wildman–Crippen MR) is 53.3 cm³/mol. The highest BCUT2D eigenvalue weighted by molar-refractivity contribution is 5.72. The van der Waals surface area contributed by atoms with E-state index in [1.54, 1.807) is 6.92 Å². The van der Waals surface area contributed by atoms with E-state index in [4.69, 9.17) is 10.9 Å². The van der Waals surface area contributed by atoms with Crippen molar-refractivity contribution in [3.63, 3.8) is 0 Å². The average molecular weight is 194 g/mol. The van der Waals surface area contributed by atoms with Crippen LogP contribution in [0.3, 0.4) is 0 Å². The zero-order valence-corrected chi connectivity index (χ0v) is 8.05. The standard InChI is InChI=1S/C10H14N2O2/c1-8(10(13)14)12(11)7-9-5-3-2-4-6-9/h2-6,8H,7,11H2,1H3,(H,13,14). The molecule has 0 saturated carbocycles. The minimum atomic E-state index is -0.913. The highest BCUT2D eigenvalue weighted by atomic mass is 16.4. The van der Waals surface area contributed by atoms with Crippen molar-refractivity contribution in [1.29, 1.82) is 0 Å². The lowest BCUT2D eigenvalue weighted by molar-refractivity contribution is -0.142. The summed E-state index contributed by atoms with van der Waals surface area (Å²) in [6.07, 6.45) is 0. The van der Waals surface area contributed by atoms with Crippen LogP contribution in [-0.4, -0.2) is 22.1 Å². The van der Waals surface area contributed by atoms with Crippen molar-refractivity contribution in [1.82, 2.24) is 5.01 Å². The van der Waals surface area contributed by atoms with Gasteiger partial charge in [0.25, 0.3) is 0 Å². The molecular formula is C10H14N2O2. The summed E-state index contributed by atoms with van der Waals surface area (Å²) in [7, 11) is 0. The summed E-state index contributed by atoms with van der Waals surface area (Å²) in [5.74, 6) is 4.69. The number of hydrogen-bond donors (Lipinski definition) is 2. The van der Waals surface area contributed by atoms with Crippen LogP contribution in [0.25, 0.3) is 0 Å². The second kappa shape index (κ2) is 4.74. The van der Waals surface area contributed by atoms with Gasteiger partial charge < -0.3 is 5.11 Å². The first-order valence-electron chi connectivity index (χ1n) is 4.39. The molecule has 0 saturated heterocycles. The molecule has 0 aliphatic carbocycles. The summed E-state index contributed by atoms with van der Waals surface area (Å²) in [5.41, 5.74) is 1.00. The van der Waals surface area contributed by atoms with E-state index in [0.717, 1.165) is 5.56 Å². The van der Waals surface area contributed by atoms with E-state index in [9.17, 15) is 4.79 Å². The molecule has 1 aromatic carbocycles. The number of nitrogens with two attached hydrogens (primary N) is 1. The molecule has 76 valence electrons. The Balaban J connectivity index is 2.57. The van der Waals surface area contributed by atoms with Gasteiger partial charge in [-0.15, -0.1) is 0 Å². The van der Waals surface area contributed by atoms with Crippen molar-refractivity contribution in [2.45, 2.75) is 19.5 Å². The third kappa shape index (κ3) is 2.83. The van der Waals surface area contributed by atoms with Crippen LogP contribution in [0, 0.1) is 0 Å². The summed E-state index contributed by atoms with van der Waals surface area (Å²) in [6.45, 7) is 2.00. The highest BCUT2D eigenvalue weighted by Gasteiger charge is 2.16. The van der Waals surface area contributed by atoms with E-state index in [2.05, 4.69) is 0 Å². The molecule has 1 unspecified atom stereocenters. The van der Waals surface area contributed by atoms with Gasteiger partial charge in [0.05, 0.1) is 0 Å². The van der Waals surface area contributed by atoms with E-state index >= 15 is 0 Å². The van der Waals surface area contributed by atoms with Crippen LogP contribution in [0.2, 0.25) is 0 Å². The summed E-state index contributed by atoms with van der Waals surface area (Å²) < 4.78 is 0. The Labute approximate surface area is 82.9 Å². The van der Waals surface area contributed by atoms with Crippen LogP contribution in [0.1, 0.15) is 12.5 Å². The molecule has 0 amide bonds. The molecule has 4 nitrogen and oxygen atoms in total. The molecule has 0 fully saturated rings. The smallest absolute Gasteiger partial charge is 0.322 e. The van der Waals surface area contributed by atoms with Crippen molar-refractivity contribution < 1.29 is 9.90 Å². The Morgan fingerprint density at radius 1 is 1.50 bits per heavy atom. The van der Waals surface area contributed by atoms with E-state index in [0.29, 0.717) is 6.54 Å². The average Bonchev–Trinajstić information content (AvgIpc) is 2.18. The number of benzene rings is 1. The fourth-order valence-corrected chi connectivity index (χ4v) is 1.07. The lowest BCUT2D eigenvalue weighted by Gasteiger charge is -2.20. The van der Waals surface area contributed by atoms with Crippen LogP contribution < -0.4 is 5.84 Å². The summed E-state index contributed by atoms with van der Waals surface area (Å²) in [5, 5.41) is 10.0. The second-order valence-electron chi connectivity index (χ2n) is 3.17. The van der Waals surface area contributed by atoms with Gasteiger partial charge in [0, 0.05) is 6.54 Å². The predicted octanol–water partition coefficient (Wildman–Crippen LogP) is 0.835. The maximum atomic E-state index is 10.6. The van der Waals surface area contributed by atoms with Gasteiger partial charge in [-0.05, 0) is 12.5 Å². The van der Waals surface area contributed by atoms with Crippen molar-refractivity contribution in [3.05, 3.63) is 35.9 Å². The first-order chi connectivity index (χ1) is 6.61. The first kappa shape index (κ1) is 10.7. The van der Waals surface area contributed by atoms with Gasteiger partial charge in [-0.1, -0.05) is 30.3 Å². The number of carboxylic acid groups (broad SMARTS) is 1. The van der Waals surface area contributed by atoms with E-state index in [1.807, 2.05) is 30.3 Å². The minimum absolute atomic E-state index is 0.439. The fourth-order valence-electron chi connectivity index (χ4n) is 1.07. The summed E-state index contributed by atoms with van der Waals surface area (Å²) in [4.78, 5) is 10.6. The lowest BCUT2D eigenvalue weighted by atomic mass is 10.2. The number of carboxylic acids is 1. The lowest BCUT2D eigenvalue weighted by Crippen LogP contribution is -2.43. The Kier molecular flexibility index (Phi) is 3.62. The Morgan fingerprint density at radius 2 is 2.07 bits per heavy atom. The monoisotopic (exact) mass is 194 g/mol. The molecule has 14 heavy (non-hydrogen) atoms. The molecule has 1 atom stereocenters. The minimum Gasteiger partial charge on any atom is -0.480 e. The zero-order valence-electron chi connectivity index (χ0n) is 8.05. The van der Waals surface area contributed by atoms with Crippen LogP contribution in [0.15, 0.2) is 30.3 Å². The van der Waals surface area contributed by atoms with Gasteiger partial charge in [-0.25, -0.2) is 5.01 Å². The zero-order chi connectivity index (χ0) is 10.6. The first-order valence-corrected chi connectivity index (χ1v) is 4.39. The normalized spacial score (nSPS) is 12.8. The van der Waals surface area contributed by atoms with Gasteiger partial charge >= 0.3 is 5.97 Å². The molecule has 0 bridgehead atoms. The number of aliphatic carboxylic acids is 1. The quantitative estimate of drug-likeness (QED) is 0.550. The number of rotatable bonds is 4. The van der Waals surface area contributed by atoms with Crippen molar-refractivity contribution in [3.8, 4) is 0 Å². The number of hydrogen-bond acceptors (Lipinski definition) is 3. The van der Waals surface area contributed by atoms with Crippen molar-refractivity contribution >= 4 is 5.97 Å². The van der Waals surface area contributed by atoms with E-state index < -0.39 is 12.0 Å². The third-order valence-electron chi connectivity index (χ3n) is 2.06. The second-order valence-corrected chi connectivity index (χ2v) is 3.17. The molecule has 4 heteroatoms. The molecule has 0 aliphatic rings.